The second-order valence-electron chi connectivity index (χ2n) is 8.19. The number of benzene rings is 3. The zero-order valence-electron chi connectivity index (χ0n) is 24.6. The van der Waals surface area contributed by atoms with Crippen LogP contribution in [0.15, 0.2) is 153 Å². The fourth-order valence-corrected chi connectivity index (χ4v) is 2.82. The normalized spacial score (nSPS) is 10.7. The molecule has 5 rings (SSSR count). The molecule has 0 bridgehead atoms. The van der Waals surface area contributed by atoms with Gasteiger partial charge in [0.05, 0.1) is 24.3 Å². The summed E-state index contributed by atoms with van der Waals surface area (Å²) in [5.74, 6) is 2.53. The first-order valence-electron chi connectivity index (χ1n) is 12.9. The van der Waals surface area contributed by atoms with Crippen molar-refractivity contribution in [1.82, 2.24) is 9.97 Å². The number of aromatic nitrogens is 2. The molecule has 5 aromatic rings. The van der Waals surface area contributed by atoms with Gasteiger partial charge in [0.2, 0.25) is 0 Å². The SMILES string of the molecule is COc1c[c-]c(N=C(C)N)cc1.[O-][Cl+3]([O-])([O-])[O-].[Ru+2].c1ccc(N=Nc2ccccn2)cc1.c1ccc(N=Nc2ccccn2)cc1. The molecule has 2 heterocycles. The molecule has 0 atom stereocenters. The van der Waals surface area contributed by atoms with Crippen LogP contribution >= 0.6 is 0 Å². The maximum atomic E-state index is 8.49. The van der Waals surface area contributed by atoms with Crippen molar-refractivity contribution in [3.63, 3.8) is 0 Å². The van der Waals surface area contributed by atoms with E-state index in [2.05, 4.69) is 41.5 Å². The van der Waals surface area contributed by atoms with Crippen LogP contribution in [0.2, 0.25) is 0 Å². The van der Waals surface area contributed by atoms with Crippen LogP contribution in [-0.4, -0.2) is 22.9 Å². The first-order valence-corrected chi connectivity index (χ1v) is 14.1. The third kappa shape index (κ3) is 20.2. The first kappa shape index (κ1) is 39.2. The Balaban J connectivity index is 0.000000319. The second kappa shape index (κ2) is 22.7. The molecule has 0 saturated heterocycles. The summed E-state index contributed by atoms with van der Waals surface area (Å²) in [5.41, 5.74) is 7.78. The summed E-state index contributed by atoms with van der Waals surface area (Å²) in [6.45, 7) is 1.73. The number of hydrogen-bond acceptors (Lipinski definition) is 12. The molecule has 15 heteroatoms. The number of ether oxygens (including phenoxy) is 1. The number of aliphatic imine (C=N–C) groups is 1. The van der Waals surface area contributed by atoms with Crippen molar-refractivity contribution in [2.24, 2.45) is 31.2 Å². The van der Waals surface area contributed by atoms with Crippen molar-refractivity contribution in [2.45, 2.75) is 6.92 Å². The van der Waals surface area contributed by atoms with Gasteiger partial charge in [-0.3, -0.25) is 4.99 Å². The minimum Gasteiger partial charge on any atom is -0.554 e. The predicted octanol–water partition coefficient (Wildman–Crippen LogP) is 3.74. The van der Waals surface area contributed by atoms with Crippen LogP contribution in [-0.2, 0) is 19.5 Å². The number of nitrogens with two attached hydrogens (primary N) is 1. The Bertz CT molecular complexity index is 1400. The summed E-state index contributed by atoms with van der Waals surface area (Å²) in [7, 11) is -3.33. The standard InChI is InChI=1S/2C11H9N3.C9H11N2O.ClHO4.Ru/c2*1-2-6-10(7-3-1)13-14-11-8-4-5-9-12-11;1-7(10)11-8-3-5-9(12-2)6-4-8;2-1(3,4)5;/h2*1-9H;3,5-6H,1-2H3,(H2,10,11);(H,2,3,4,5);/q;;-1;;+2/p-1. The fourth-order valence-electron chi connectivity index (χ4n) is 2.82. The van der Waals surface area contributed by atoms with E-state index in [9.17, 15) is 0 Å². The van der Waals surface area contributed by atoms with Gasteiger partial charge < -0.3 is 10.5 Å². The molecule has 2 N–H and O–H groups in total. The van der Waals surface area contributed by atoms with Crippen LogP contribution in [0.3, 0.4) is 0 Å². The number of amidine groups is 1. The van der Waals surface area contributed by atoms with Gasteiger partial charge in [-0.2, -0.15) is 6.07 Å². The Labute approximate surface area is 281 Å². The van der Waals surface area contributed by atoms with E-state index in [1.54, 1.807) is 38.6 Å². The fraction of sp³-hybridized carbons (Fsp3) is 0.0645. The molecule has 0 amide bonds. The van der Waals surface area contributed by atoms with E-state index in [1.165, 1.54) is 0 Å². The van der Waals surface area contributed by atoms with Crippen molar-refractivity contribution >= 4 is 34.5 Å². The zero-order chi connectivity index (χ0) is 32.8. The number of azo groups is 2. The minimum absolute atomic E-state index is 0. The van der Waals surface area contributed by atoms with E-state index in [-0.39, 0.29) is 19.5 Å². The van der Waals surface area contributed by atoms with Gasteiger partial charge in [0, 0.05) is 18.1 Å². The summed E-state index contributed by atoms with van der Waals surface area (Å²) >= 11 is 0. The number of rotatable bonds is 6. The molecule has 0 aliphatic rings. The van der Waals surface area contributed by atoms with E-state index in [4.69, 9.17) is 29.1 Å². The number of pyridine rings is 2. The van der Waals surface area contributed by atoms with E-state index in [0.29, 0.717) is 17.5 Å². The van der Waals surface area contributed by atoms with Gasteiger partial charge in [-0.05, 0) is 61.1 Å². The van der Waals surface area contributed by atoms with E-state index < -0.39 is 10.2 Å². The van der Waals surface area contributed by atoms with E-state index >= 15 is 0 Å². The van der Waals surface area contributed by atoms with Gasteiger partial charge in [0.1, 0.15) is 0 Å². The molecule has 0 aliphatic heterocycles. The third-order valence-corrected chi connectivity index (χ3v) is 4.65. The molecule has 238 valence electrons. The molecular weight excluding hydrogens is 701 g/mol. The van der Waals surface area contributed by atoms with Gasteiger partial charge in [-0.15, -0.1) is 48.9 Å². The molecule has 0 unspecified atom stereocenters. The van der Waals surface area contributed by atoms with Crippen molar-refractivity contribution in [3.8, 4) is 5.75 Å². The molecule has 13 nitrogen and oxygen atoms in total. The quantitative estimate of drug-likeness (QED) is 0.0891. The Morgan fingerprint density at radius 3 is 1.43 bits per heavy atom. The predicted molar refractivity (Wildman–Crippen MR) is 158 cm³/mol. The largest absolute Gasteiger partial charge is 2.00 e. The van der Waals surface area contributed by atoms with Crippen molar-refractivity contribution in [3.05, 3.63) is 134 Å². The maximum Gasteiger partial charge on any atom is 2.00 e. The topological polar surface area (TPSA) is 215 Å². The summed E-state index contributed by atoms with van der Waals surface area (Å²) in [4.78, 5) is 12.1. The van der Waals surface area contributed by atoms with Gasteiger partial charge in [-0.1, -0.05) is 48.5 Å². The average molecular weight is 730 g/mol. The van der Waals surface area contributed by atoms with E-state index in [0.717, 1.165) is 22.8 Å². The zero-order valence-corrected chi connectivity index (χ0v) is 27.1. The molecule has 46 heavy (non-hydrogen) atoms. The summed E-state index contributed by atoms with van der Waals surface area (Å²) in [5, 5.41) is 16.1. The molecular formula is C31H29ClN8O5Ru. The number of methoxy groups -OCH3 is 1. The molecule has 0 aliphatic carbocycles. The first-order chi connectivity index (χ1) is 21.6. The van der Waals surface area contributed by atoms with Crippen LogP contribution in [0, 0.1) is 16.3 Å². The molecule has 2 aromatic heterocycles. The van der Waals surface area contributed by atoms with Crippen LogP contribution in [0.1, 0.15) is 6.92 Å². The Morgan fingerprint density at radius 2 is 1.11 bits per heavy atom. The molecule has 3 aromatic carbocycles. The minimum atomic E-state index is -4.94. The van der Waals surface area contributed by atoms with Gasteiger partial charge in [-0.25, -0.2) is 28.6 Å². The Morgan fingerprint density at radius 1 is 0.674 bits per heavy atom. The maximum absolute atomic E-state index is 8.49. The van der Waals surface area contributed by atoms with Gasteiger partial charge in [0.15, 0.2) is 11.6 Å². The van der Waals surface area contributed by atoms with Crippen LogP contribution in [0.5, 0.6) is 5.75 Å². The van der Waals surface area contributed by atoms with Crippen LogP contribution in [0.4, 0.5) is 28.7 Å². The summed E-state index contributed by atoms with van der Waals surface area (Å²) < 4.78 is 38.9. The monoisotopic (exact) mass is 730 g/mol. The van der Waals surface area contributed by atoms with Crippen molar-refractivity contribution < 1.29 is 53.1 Å². The van der Waals surface area contributed by atoms with Crippen LogP contribution in [0.25, 0.3) is 0 Å². The molecule has 0 radical (unpaired) electrons. The summed E-state index contributed by atoms with van der Waals surface area (Å²) in [6.07, 6.45) is 3.39. The van der Waals surface area contributed by atoms with Crippen LogP contribution < -0.4 is 29.1 Å². The number of halogens is 1. The Kier molecular flexibility index (Phi) is 19.3. The molecule has 0 fully saturated rings. The molecule has 0 saturated carbocycles. The number of hydrogen-bond donors (Lipinski definition) is 1. The van der Waals surface area contributed by atoms with Gasteiger partial charge >= 0.3 is 19.5 Å². The Hall–Kier alpha value is -4.82. The van der Waals surface area contributed by atoms with Gasteiger partial charge in [0.25, 0.3) is 0 Å². The van der Waals surface area contributed by atoms with Crippen molar-refractivity contribution in [1.29, 1.82) is 0 Å². The average Bonchev–Trinajstić information content (AvgIpc) is 3.05. The summed E-state index contributed by atoms with van der Waals surface area (Å²) in [6, 6.07) is 38.5. The van der Waals surface area contributed by atoms with E-state index in [1.807, 2.05) is 103 Å². The number of nitrogens with zero attached hydrogens (tertiary/aromatic N) is 7. The third-order valence-electron chi connectivity index (χ3n) is 4.65. The smallest absolute Gasteiger partial charge is 0.554 e. The second-order valence-corrected chi connectivity index (χ2v) is 8.95. The molecule has 0 spiro atoms. The van der Waals surface area contributed by atoms with Crippen molar-refractivity contribution in [2.75, 3.05) is 7.11 Å².